The molecule has 1 rings (SSSR count). The molecule has 1 aromatic carbocycles. The van der Waals surface area contributed by atoms with Crippen molar-refractivity contribution in [3.63, 3.8) is 0 Å². The molecule has 3 nitrogen and oxygen atoms in total. The largest absolute Gasteiger partial charge is 0.320 e. The molecular formula is C11H10F4N2O. The molecule has 0 fully saturated rings. The van der Waals surface area contributed by atoms with Gasteiger partial charge >= 0.3 is 0 Å². The van der Waals surface area contributed by atoms with Gasteiger partial charge in [-0.15, -0.1) is 6.58 Å². The van der Waals surface area contributed by atoms with E-state index in [-0.39, 0.29) is 12.6 Å². The standard InChI is InChI=1S/C11H10F4N2O/c1-2-3-16-5-8(18)17-11-9(14)6(12)4-7(13)10(11)15/h2,4,16H,1,3,5H2,(H,17,18). The van der Waals surface area contributed by atoms with E-state index in [2.05, 4.69) is 11.9 Å². The third kappa shape index (κ3) is 3.30. The summed E-state index contributed by atoms with van der Waals surface area (Å²) in [6.07, 6.45) is 1.47. The number of halogens is 4. The summed E-state index contributed by atoms with van der Waals surface area (Å²) in [4.78, 5) is 11.2. The van der Waals surface area contributed by atoms with Crippen LogP contribution in [-0.2, 0) is 4.79 Å². The van der Waals surface area contributed by atoms with Crippen LogP contribution in [0.1, 0.15) is 0 Å². The van der Waals surface area contributed by atoms with Gasteiger partial charge in [0, 0.05) is 12.6 Å². The summed E-state index contributed by atoms with van der Waals surface area (Å²) in [5.74, 6) is -7.29. The average Bonchev–Trinajstić information content (AvgIpc) is 2.32. The van der Waals surface area contributed by atoms with Crippen LogP contribution >= 0.6 is 0 Å². The molecule has 0 atom stereocenters. The lowest BCUT2D eigenvalue weighted by Gasteiger charge is -2.09. The minimum atomic E-state index is -1.65. The predicted octanol–water partition coefficient (Wildman–Crippen LogP) is 1.96. The molecule has 98 valence electrons. The van der Waals surface area contributed by atoms with E-state index >= 15 is 0 Å². The van der Waals surface area contributed by atoms with Crippen LogP contribution in [-0.4, -0.2) is 19.0 Å². The molecule has 0 aromatic heterocycles. The van der Waals surface area contributed by atoms with Crippen molar-refractivity contribution in [1.82, 2.24) is 5.32 Å². The Morgan fingerprint density at radius 2 is 1.78 bits per heavy atom. The van der Waals surface area contributed by atoms with Crippen molar-refractivity contribution in [1.29, 1.82) is 0 Å². The van der Waals surface area contributed by atoms with Crippen LogP contribution in [0, 0.1) is 23.3 Å². The molecule has 0 unspecified atom stereocenters. The zero-order chi connectivity index (χ0) is 13.7. The molecule has 7 heteroatoms. The Kier molecular flexibility index (Phi) is 4.85. The van der Waals surface area contributed by atoms with Gasteiger partial charge in [-0.1, -0.05) is 6.08 Å². The Morgan fingerprint density at radius 3 is 2.28 bits per heavy atom. The first kappa shape index (κ1) is 14.2. The second-order valence-electron chi connectivity index (χ2n) is 3.31. The molecule has 0 bridgehead atoms. The lowest BCUT2D eigenvalue weighted by molar-refractivity contribution is -0.115. The van der Waals surface area contributed by atoms with E-state index in [1.54, 1.807) is 5.32 Å². The summed E-state index contributed by atoms with van der Waals surface area (Å²) < 4.78 is 51.9. The quantitative estimate of drug-likeness (QED) is 0.368. The fourth-order valence-electron chi connectivity index (χ4n) is 1.15. The van der Waals surface area contributed by atoms with Crippen LogP contribution in [0.3, 0.4) is 0 Å². The van der Waals surface area contributed by atoms with E-state index in [0.717, 1.165) is 0 Å². The number of hydrogen-bond donors (Lipinski definition) is 2. The zero-order valence-electron chi connectivity index (χ0n) is 9.20. The number of rotatable bonds is 5. The molecule has 0 heterocycles. The maximum atomic E-state index is 13.2. The molecule has 1 aromatic rings. The monoisotopic (exact) mass is 262 g/mol. The Balaban J connectivity index is 2.84. The highest BCUT2D eigenvalue weighted by Crippen LogP contribution is 2.23. The molecule has 0 aliphatic carbocycles. The van der Waals surface area contributed by atoms with E-state index in [4.69, 9.17) is 0 Å². The van der Waals surface area contributed by atoms with Gasteiger partial charge in [0.2, 0.25) is 5.91 Å². The highest BCUT2D eigenvalue weighted by atomic mass is 19.2. The second-order valence-corrected chi connectivity index (χ2v) is 3.31. The topological polar surface area (TPSA) is 41.1 Å². The van der Waals surface area contributed by atoms with Crippen LogP contribution in [0.15, 0.2) is 18.7 Å². The number of carbonyl (C=O) groups excluding carboxylic acids is 1. The highest BCUT2D eigenvalue weighted by Gasteiger charge is 2.20. The van der Waals surface area contributed by atoms with Crippen LogP contribution in [0.25, 0.3) is 0 Å². The van der Waals surface area contributed by atoms with Crippen molar-refractivity contribution in [2.24, 2.45) is 0 Å². The number of benzene rings is 1. The summed E-state index contributed by atoms with van der Waals surface area (Å²) >= 11 is 0. The lowest BCUT2D eigenvalue weighted by Crippen LogP contribution is -2.29. The summed E-state index contributed by atoms with van der Waals surface area (Å²) in [5, 5.41) is 4.31. The van der Waals surface area contributed by atoms with E-state index in [1.165, 1.54) is 6.08 Å². The molecule has 0 saturated heterocycles. The molecule has 0 saturated carbocycles. The van der Waals surface area contributed by atoms with Crippen LogP contribution < -0.4 is 10.6 Å². The number of anilines is 1. The molecule has 18 heavy (non-hydrogen) atoms. The van der Waals surface area contributed by atoms with Crippen molar-refractivity contribution in [3.05, 3.63) is 42.0 Å². The maximum Gasteiger partial charge on any atom is 0.238 e. The third-order valence-electron chi connectivity index (χ3n) is 1.95. The van der Waals surface area contributed by atoms with E-state index < -0.39 is 34.9 Å². The van der Waals surface area contributed by atoms with Gasteiger partial charge in [-0.3, -0.25) is 4.79 Å². The molecule has 1 amide bonds. The minimum Gasteiger partial charge on any atom is -0.320 e. The first-order valence-corrected chi connectivity index (χ1v) is 4.91. The smallest absolute Gasteiger partial charge is 0.238 e. The van der Waals surface area contributed by atoms with E-state index in [1.807, 2.05) is 0 Å². The SMILES string of the molecule is C=CCNCC(=O)Nc1c(F)c(F)cc(F)c1F. The Labute approximate surface area is 100 Å². The van der Waals surface area contributed by atoms with Crippen LogP contribution in [0.4, 0.5) is 23.2 Å². The van der Waals surface area contributed by atoms with E-state index in [9.17, 15) is 22.4 Å². The van der Waals surface area contributed by atoms with Crippen molar-refractivity contribution < 1.29 is 22.4 Å². The molecular weight excluding hydrogens is 252 g/mol. The van der Waals surface area contributed by atoms with E-state index in [0.29, 0.717) is 6.54 Å². The number of nitrogens with one attached hydrogen (secondary N) is 2. The van der Waals surface area contributed by atoms with Crippen molar-refractivity contribution in [2.75, 3.05) is 18.4 Å². The molecule has 0 aliphatic heterocycles. The van der Waals surface area contributed by atoms with Gasteiger partial charge in [0.05, 0.1) is 6.54 Å². The molecule has 0 radical (unpaired) electrons. The summed E-state index contributed by atoms with van der Waals surface area (Å²) in [7, 11) is 0. The van der Waals surface area contributed by atoms with Gasteiger partial charge in [-0.05, 0) is 0 Å². The highest BCUT2D eigenvalue weighted by molar-refractivity contribution is 5.92. The number of hydrogen-bond acceptors (Lipinski definition) is 2. The normalized spacial score (nSPS) is 10.2. The third-order valence-corrected chi connectivity index (χ3v) is 1.95. The minimum absolute atomic E-state index is 0.0658. The van der Waals surface area contributed by atoms with Crippen molar-refractivity contribution >= 4 is 11.6 Å². The van der Waals surface area contributed by atoms with Crippen molar-refractivity contribution in [3.8, 4) is 0 Å². The fraction of sp³-hybridized carbons (Fsp3) is 0.182. The summed E-state index contributed by atoms with van der Waals surface area (Å²) in [5.41, 5.74) is -1.14. The Morgan fingerprint density at radius 1 is 1.22 bits per heavy atom. The van der Waals surface area contributed by atoms with Gasteiger partial charge in [0.1, 0.15) is 5.69 Å². The number of amides is 1. The van der Waals surface area contributed by atoms with Crippen LogP contribution in [0.2, 0.25) is 0 Å². The Hall–Kier alpha value is -1.89. The van der Waals surface area contributed by atoms with Gasteiger partial charge < -0.3 is 10.6 Å². The zero-order valence-corrected chi connectivity index (χ0v) is 9.20. The van der Waals surface area contributed by atoms with Gasteiger partial charge in [0.15, 0.2) is 23.3 Å². The summed E-state index contributed by atoms with van der Waals surface area (Å²) in [6.45, 7) is 3.41. The number of carbonyl (C=O) groups is 1. The lowest BCUT2D eigenvalue weighted by atomic mass is 10.2. The average molecular weight is 262 g/mol. The first-order chi connectivity index (χ1) is 8.47. The van der Waals surface area contributed by atoms with Crippen LogP contribution in [0.5, 0.6) is 0 Å². The van der Waals surface area contributed by atoms with Gasteiger partial charge in [-0.25, -0.2) is 17.6 Å². The first-order valence-electron chi connectivity index (χ1n) is 4.91. The van der Waals surface area contributed by atoms with Gasteiger partial charge in [-0.2, -0.15) is 0 Å². The summed E-state index contributed by atoms with van der Waals surface area (Å²) in [6, 6.07) is 0.0658. The molecule has 0 aliphatic rings. The molecule has 0 spiro atoms. The second kappa shape index (κ2) is 6.15. The predicted molar refractivity (Wildman–Crippen MR) is 58.0 cm³/mol. The Bertz CT molecular complexity index is 450. The maximum absolute atomic E-state index is 13.2. The van der Waals surface area contributed by atoms with Gasteiger partial charge in [0.25, 0.3) is 0 Å². The van der Waals surface area contributed by atoms with Crippen molar-refractivity contribution in [2.45, 2.75) is 0 Å². The fourth-order valence-corrected chi connectivity index (χ4v) is 1.15. The molecule has 2 N–H and O–H groups in total.